The van der Waals surface area contributed by atoms with Crippen molar-refractivity contribution in [1.82, 2.24) is 10.2 Å². The van der Waals surface area contributed by atoms with Crippen LogP contribution in [0.3, 0.4) is 0 Å². The van der Waals surface area contributed by atoms with Gasteiger partial charge in [-0.1, -0.05) is 23.2 Å². The van der Waals surface area contributed by atoms with Crippen molar-refractivity contribution in [3.05, 3.63) is 58.6 Å². The van der Waals surface area contributed by atoms with Gasteiger partial charge in [0.1, 0.15) is 30.9 Å². The van der Waals surface area contributed by atoms with E-state index < -0.39 is 6.23 Å². The highest BCUT2D eigenvalue weighted by molar-refractivity contribution is 6.30. The number of aliphatic hydroxyl groups excluding tert-OH is 1. The van der Waals surface area contributed by atoms with Crippen molar-refractivity contribution in [2.75, 3.05) is 32.8 Å². The molecule has 0 aliphatic carbocycles. The Morgan fingerprint density at radius 3 is 2.24 bits per heavy atom. The molecule has 3 rings (SSSR count). The van der Waals surface area contributed by atoms with E-state index >= 15 is 0 Å². The van der Waals surface area contributed by atoms with Gasteiger partial charge in [0.2, 0.25) is 0 Å². The molecule has 1 saturated heterocycles. The number of aliphatic hydroxyl groups is 1. The van der Waals surface area contributed by atoms with Crippen molar-refractivity contribution >= 4 is 23.2 Å². The summed E-state index contributed by atoms with van der Waals surface area (Å²) in [7, 11) is 0. The molecule has 5 nitrogen and oxygen atoms in total. The quantitative estimate of drug-likeness (QED) is 0.547. The Kier molecular flexibility index (Phi) is 8.45. The fourth-order valence-electron chi connectivity index (χ4n) is 3.56. The fraction of sp³-hybridized carbons (Fsp3) is 0.455. The Bertz CT molecular complexity index is 743. The van der Waals surface area contributed by atoms with Gasteiger partial charge in [0, 0.05) is 35.7 Å². The van der Waals surface area contributed by atoms with Gasteiger partial charge in [0.15, 0.2) is 0 Å². The maximum Gasteiger partial charge on any atom is 0.139 e. The van der Waals surface area contributed by atoms with Crippen LogP contribution < -0.4 is 14.8 Å². The third kappa shape index (κ3) is 7.36. The van der Waals surface area contributed by atoms with Crippen LogP contribution in [0.25, 0.3) is 0 Å². The zero-order valence-corrected chi connectivity index (χ0v) is 18.1. The monoisotopic (exact) mass is 438 g/mol. The molecule has 7 heteroatoms. The number of likely N-dealkylation sites (tertiary alicyclic amines) is 1. The normalized spacial score (nSPS) is 20.6. The number of nitrogens with zero attached hydrogens (tertiary/aromatic N) is 1. The molecule has 0 aromatic heterocycles. The van der Waals surface area contributed by atoms with Crippen molar-refractivity contribution in [3.63, 3.8) is 0 Å². The van der Waals surface area contributed by atoms with Gasteiger partial charge in [-0.3, -0.25) is 10.2 Å². The third-order valence-corrected chi connectivity index (χ3v) is 5.62. The van der Waals surface area contributed by atoms with Crippen molar-refractivity contribution in [1.29, 1.82) is 0 Å². The van der Waals surface area contributed by atoms with E-state index in [9.17, 15) is 5.11 Å². The Hall–Kier alpha value is -1.50. The first kappa shape index (κ1) is 22.2. The number of ether oxygens (including phenoxy) is 2. The van der Waals surface area contributed by atoms with Crippen LogP contribution >= 0.6 is 23.2 Å². The Morgan fingerprint density at radius 1 is 1.03 bits per heavy atom. The van der Waals surface area contributed by atoms with Crippen LogP contribution in [0.1, 0.15) is 13.3 Å². The number of hydrogen-bond donors (Lipinski definition) is 2. The van der Waals surface area contributed by atoms with Gasteiger partial charge >= 0.3 is 0 Å². The standard InChI is InChI=1S/C22H28Cl2N2O3/c1-16-12-17(13-25-22(27)15-29-21-8-4-19(24)5-9-21)14-26(16)10-11-28-20-6-2-18(23)3-7-20/h2-9,16-17,22,25,27H,10-15H2,1H3. The van der Waals surface area contributed by atoms with Crippen molar-refractivity contribution in [3.8, 4) is 11.5 Å². The first-order valence-corrected chi connectivity index (χ1v) is 10.7. The number of rotatable bonds is 10. The highest BCUT2D eigenvalue weighted by Gasteiger charge is 2.28. The summed E-state index contributed by atoms with van der Waals surface area (Å²) >= 11 is 11.7. The van der Waals surface area contributed by atoms with Crippen LogP contribution in [0.5, 0.6) is 11.5 Å². The van der Waals surface area contributed by atoms with Crippen LogP contribution in [-0.2, 0) is 0 Å². The number of hydrogen-bond acceptors (Lipinski definition) is 5. The minimum Gasteiger partial charge on any atom is -0.492 e. The molecule has 0 radical (unpaired) electrons. The maximum atomic E-state index is 10.1. The summed E-state index contributed by atoms with van der Waals surface area (Å²) in [6.45, 7) is 5.70. The van der Waals surface area contributed by atoms with E-state index in [1.165, 1.54) is 0 Å². The van der Waals surface area contributed by atoms with Gasteiger partial charge in [-0.25, -0.2) is 0 Å². The molecule has 3 atom stereocenters. The van der Waals surface area contributed by atoms with E-state index in [4.69, 9.17) is 32.7 Å². The lowest BCUT2D eigenvalue weighted by Gasteiger charge is -2.21. The van der Waals surface area contributed by atoms with Crippen molar-refractivity contribution in [2.45, 2.75) is 25.6 Å². The molecule has 0 spiro atoms. The lowest BCUT2D eigenvalue weighted by atomic mass is 10.1. The third-order valence-electron chi connectivity index (χ3n) is 5.12. The molecular formula is C22H28Cl2N2O3. The van der Waals surface area contributed by atoms with Crippen LogP contribution in [0.15, 0.2) is 48.5 Å². The fourth-order valence-corrected chi connectivity index (χ4v) is 3.81. The van der Waals surface area contributed by atoms with Crippen LogP contribution in [-0.4, -0.2) is 55.1 Å². The minimum atomic E-state index is -0.705. The molecule has 1 aliphatic heterocycles. The van der Waals surface area contributed by atoms with Gasteiger partial charge in [0.25, 0.3) is 0 Å². The minimum absolute atomic E-state index is 0.197. The molecule has 2 N–H and O–H groups in total. The lowest BCUT2D eigenvalue weighted by molar-refractivity contribution is 0.0752. The van der Waals surface area contributed by atoms with Gasteiger partial charge in [-0.15, -0.1) is 0 Å². The summed E-state index contributed by atoms with van der Waals surface area (Å²) in [6.07, 6.45) is 0.391. The summed E-state index contributed by atoms with van der Waals surface area (Å²) < 4.78 is 11.4. The Morgan fingerprint density at radius 2 is 1.62 bits per heavy atom. The zero-order valence-electron chi connectivity index (χ0n) is 16.6. The molecule has 0 amide bonds. The molecule has 29 heavy (non-hydrogen) atoms. The second kappa shape index (κ2) is 11.0. The highest BCUT2D eigenvalue weighted by Crippen LogP contribution is 2.23. The van der Waals surface area contributed by atoms with Crippen LogP contribution in [0.4, 0.5) is 0 Å². The summed E-state index contributed by atoms with van der Waals surface area (Å²) in [5.41, 5.74) is 0. The largest absolute Gasteiger partial charge is 0.492 e. The van der Waals surface area contributed by atoms with E-state index in [2.05, 4.69) is 17.1 Å². The summed E-state index contributed by atoms with van der Waals surface area (Å²) in [4.78, 5) is 2.43. The second-order valence-corrected chi connectivity index (χ2v) is 8.31. The second-order valence-electron chi connectivity index (χ2n) is 7.44. The van der Waals surface area contributed by atoms with Crippen molar-refractivity contribution in [2.24, 2.45) is 5.92 Å². The van der Waals surface area contributed by atoms with E-state index in [-0.39, 0.29) is 6.61 Å². The van der Waals surface area contributed by atoms with E-state index in [1.807, 2.05) is 24.3 Å². The van der Waals surface area contributed by atoms with Gasteiger partial charge in [-0.2, -0.15) is 0 Å². The van der Waals surface area contributed by atoms with E-state index in [1.54, 1.807) is 24.3 Å². The van der Waals surface area contributed by atoms with E-state index in [0.717, 1.165) is 31.8 Å². The van der Waals surface area contributed by atoms with E-state index in [0.29, 0.717) is 34.4 Å². The number of benzene rings is 2. The predicted molar refractivity (Wildman–Crippen MR) is 117 cm³/mol. The first-order chi connectivity index (χ1) is 14.0. The average Bonchev–Trinajstić information content (AvgIpc) is 3.07. The molecular weight excluding hydrogens is 411 g/mol. The summed E-state index contributed by atoms with van der Waals surface area (Å²) in [5, 5.41) is 14.7. The molecule has 158 valence electrons. The van der Waals surface area contributed by atoms with Crippen molar-refractivity contribution < 1.29 is 14.6 Å². The first-order valence-electron chi connectivity index (χ1n) is 9.92. The molecule has 0 bridgehead atoms. The molecule has 1 fully saturated rings. The van der Waals surface area contributed by atoms with Crippen LogP contribution in [0.2, 0.25) is 10.0 Å². The number of nitrogens with one attached hydrogen (secondary N) is 1. The van der Waals surface area contributed by atoms with Gasteiger partial charge < -0.3 is 14.6 Å². The zero-order chi connectivity index (χ0) is 20.6. The van der Waals surface area contributed by atoms with Gasteiger partial charge in [0.05, 0.1) is 0 Å². The SMILES string of the molecule is CC1CC(CNC(O)COc2ccc(Cl)cc2)CN1CCOc1ccc(Cl)cc1. The molecule has 2 aromatic carbocycles. The lowest BCUT2D eigenvalue weighted by Crippen LogP contribution is -2.38. The Balaban J connectivity index is 1.32. The topological polar surface area (TPSA) is 54.0 Å². The molecule has 3 unspecified atom stereocenters. The molecule has 2 aromatic rings. The summed E-state index contributed by atoms with van der Waals surface area (Å²) in [5.74, 6) is 2.02. The highest BCUT2D eigenvalue weighted by atomic mass is 35.5. The molecule has 1 aliphatic rings. The number of halogens is 2. The van der Waals surface area contributed by atoms with Crippen LogP contribution in [0, 0.1) is 5.92 Å². The molecule has 0 saturated carbocycles. The summed E-state index contributed by atoms with van der Waals surface area (Å²) in [6, 6.07) is 15.0. The maximum absolute atomic E-state index is 10.1. The average molecular weight is 439 g/mol. The van der Waals surface area contributed by atoms with Gasteiger partial charge in [-0.05, 0) is 67.8 Å². The molecule has 1 heterocycles. The smallest absolute Gasteiger partial charge is 0.139 e. The Labute approximate surface area is 182 Å². The predicted octanol–water partition coefficient (Wildman–Crippen LogP) is 4.07.